The molecule has 0 saturated heterocycles. The van der Waals surface area contributed by atoms with Gasteiger partial charge in [-0.3, -0.25) is 0 Å². The van der Waals surface area contributed by atoms with Gasteiger partial charge in [-0.15, -0.1) is 0 Å². The van der Waals surface area contributed by atoms with Gasteiger partial charge in [-0.2, -0.15) is 8.78 Å². The van der Waals surface area contributed by atoms with Crippen LogP contribution in [0.1, 0.15) is 5.56 Å². The van der Waals surface area contributed by atoms with E-state index in [1.54, 1.807) is 0 Å². The number of amides is 1. The van der Waals surface area contributed by atoms with Crippen LogP contribution in [-0.4, -0.2) is 37.0 Å². The number of nitrogens with two attached hydrogens (primary N) is 1. The monoisotopic (exact) mass is 432 g/mol. The molecular weight excluding hydrogens is 417 g/mol. The van der Waals surface area contributed by atoms with Crippen molar-refractivity contribution in [1.29, 1.82) is 0 Å². The molecule has 0 bridgehead atoms. The topological polar surface area (TPSA) is 64.8 Å². The van der Waals surface area contributed by atoms with E-state index < -0.39 is 12.7 Å². The highest BCUT2D eigenvalue weighted by Gasteiger charge is 2.15. The number of rotatable bonds is 7. The number of nitrogens with zero attached hydrogens (tertiary/aromatic N) is 1. The lowest BCUT2D eigenvalue weighted by atomic mass is 10.1. The zero-order valence-electron chi connectivity index (χ0n) is 11.2. The number of benzene rings is 1. The maximum absolute atomic E-state index is 12.3. The molecule has 0 heterocycles. The van der Waals surface area contributed by atoms with Gasteiger partial charge in [0.2, 0.25) is 0 Å². The van der Waals surface area contributed by atoms with Crippen LogP contribution in [-0.2, 0) is 11.3 Å². The molecule has 1 rings (SSSR count). The molecule has 5 nitrogen and oxygen atoms in total. The number of carbonyl (C=O) groups excluding carboxylic acids is 1. The standard InChI is InChI=1S/C12H15F2IN2O3S/c1-17(12(18)19-4-5-21-15)7-8-6-9(16)2-3-10(8)20-11(13)14/h2-3,6,11H,4-5,7,16H2,1H3. The smallest absolute Gasteiger partial charge is 0.409 e. The fourth-order valence-electron chi connectivity index (χ4n) is 1.52. The number of alkyl halides is 2. The molecule has 9 heteroatoms. The van der Waals surface area contributed by atoms with Crippen LogP contribution in [0.15, 0.2) is 18.2 Å². The number of anilines is 1. The molecular formula is C12H15F2IN2O3S. The third-order valence-electron chi connectivity index (χ3n) is 2.41. The van der Waals surface area contributed by atoms with Crippen molar-refractivity contribution in [2.45, 2.75) is 13.2 Å². The van der Waals surface area contributed by atoms with E-state index in [1.165, 1.54) is 39.1 Å². The molecule has 0 radical (unpaired) electrons. The lowest BCUT2D eigenvalue weighted by Gasteiger charge is -2.19. The Kier molecular flexibility index (Phi) is 7.86. The molecule has 118 valence electrons. The number of hydrogen-bond acceptors (Lipinski definition) is 5. The van der Waals surface area contributed by atoms with E-state index in [9.17, 15) is 13.6 Å². The third-order valence-corrected chi connectivity index (χ3v) is 4.05. The Morgan fingerprint density at radius 2 is 2.24 bits per heavy atom. The van der Waals surface area contributed by atoms with Crippen molar-refractivity contribution in [3.8, 4) is 5.75 Å². The van der Waals surface area contributed by atoms with E-state index in [0.29, 0.717) is 17.0 Å². The summed E-state index contributed by atoms with van der Waals surface area (Å²) in [7, 11) is 3.03. The predicted molar refractivity (Wildman–Crippen MR) is 86.8 cm³/mol. The minimum atomic E-state index is -2.94. The molecule has 1 aromatic carbocycles. The van der Waals surface area contributed by atoms with Gasteiger partial charge in [-0.25, -0.2) is 4.79 Å². The van der Waals surface area contributed by atoms with E-state index in [2.05, 4.69) is 25.9 Å². The molecule has 1 amide bonds. The van der Waals surface area contributed by atoms with Gasteiger partial charge in [0.1, 0.15) is 12.4 Å². The van der Waals surface area contributed by atoms with Gasteiger partial charge < -0.3 is 20.1 Å². The number of halogens is 3. The Labute approximate surface area is 137 Å². The maximum atomic E-state index is 12.3. The van der Waals surface area contributed by atoms with Crippen molar-refractivity contribution < 1.29 is 23.0 Å². The molecule has 2 N–H and O–H groups in total. The van der Waals surface area contributed by atoms with Crippen molar-refractivity contribution >= 4 is 41.9 Å². The average Bonchev–Trinajstić information content (AvgIpc) is 2.41. The fraction of sp³-hybridized carbons (Fsp3) is 0.417. The summed E-state index contributed by atoms with van der Waals surface area (Å²) in [5, 5.41) is 0. The number of carbonyl (C=O) groups is 1. The van der Waals surface area contributed by atoms with E-state index in [-0.39, 0.29) is 18.9 Å². The molecule has 0 aliphatic heterocycles. The Bertz CT molecular complexity index is 480. The van der Waals surface area contributed by atoms with Crippen molar-refractivity contribution in [2.24, 2.45) is 0 Å². The molecule has 0 unspecified atom stereocenters. The quantitative estimate of drug-likeness (QED) is 0.406. The molecule has 0 saturated carbocycles. The average molecular weight is 432 g/mol. The van der Waals surface area contributed by atoms with Crippen molar-refractivity contribution in [2.75, 3.05) is 25.1 Å². The first-order valence-corrected chi connectivity index (χ1v) is 9.41. The summed E-state index contributed by atoms with van der Waals surface area (Å²) in [6, 6.07) is 4.29. The number of ether oxygens (including phenoxy) is 2. The van der Waals surface area contributed by atoms with E-state index in [0.717, 1.165) is 0 Å². The predicted octanol–water partition coefficient (Wildman–Crippen LogP) is 3.52. The van der Waals surface area contributed by atoms with Crippen LogP contribution in [0.4, 0.5) is 19.3 Å². The Morgan fingerprint density at radius 3 is 2.86 bits per heavy atom. The normalized spacial score (nSPS) is 10.5. The SMILES string of the molecule is CN(Cc1cc(N)ccc1OC(F)F)C(=O)OCCSI. The van der Waals surface area contributed by atoms with Gasteiger partial charge in [-0.05, 0) is 39.4 Å². The Morgan fingerprint density at radius 1 is 1.52 bits per heavy atom. The highest BCUT2D eigenvalue weighted by molar-refractivity contribution is 14.2. The van der Waals surface area contributed by atoms with Crippen LogP contribution in [0, 0.1) is 0 Å². The van der Waals surface area contributed by atoms with Crippen LogP contribution in [0.2, 0.25) is 0 Å². The summed E-state index contributed by atoms with van der Waals surface area (Å²) >= 11 is 2.10. The molecule has 0 aliphatic rings. The summed E-state index contributed by atoms with van der Waals surface area (Å²) in [4.78, 5) is 13.0. The van der Waals surface area contributed by atoms with Gasteiger partial charge in [0.05, 0.1) is 6.54 Å². The second-order valence-electron chi connectivity index (χ2n) is 4.03. The van der Waals surface area contributed by atoms with Crippen LogP contribution in [0.25, 0.3) is 0 Å². The Hall–Kier alpha value is -0.970. The maximum Gasteiger partial charge on any atom is 0.409 e. The lowest BCUT2D eigenvalue weighted by molar-refractivity contribution is -0.0506. The zero-order chi connectivity index (χ0) is 15.8. The summed E-state index contributed by atoms with van der Waals surface area (Å²) in [6.45, 7) is -2.59. The van der Waals surface area contributed by atoms with Crippen molar-refractivity contribution in [3.63, 3.8) is 0 Å². The largest absolute Gasteiger partial charge is 0.449 e. The summed E-state index contributed by atoms with van der Waals surface area (Å²) < 4.78 is 34.1. The molecule has 21 heavy (non-hydrogen) atoms. The van der Waals surface area contributed by atoms with Gasteiger partial charge in [0, 0.05) is 24.1 Å². The second-order valence-corrected chi connectivity index (χ2v) is 6.52. The fourth-order valence-corrected chi connectivity index (χ4v) is 2.21. The highest BCUT2D eigenvalue weighted by Crippen LogP contribution is 2.24. The first-order valence-electron chi connectivity index (χ1n) is 5.88. The highest BCUT2D eigenvalue weighted by atomic mass is 127. The minimum Gasteiger partial charge on any atom is -0.449 e. The molecule has 0 spiro atoms. The molecule has 0 aromatic heterocycles. The molecule has 0 fully saturated rings. The first-order chi connectivity index (χ1) is 9.93. The van der Waals surface area contributed by atoms with Crippen molar-refractivity contribution in [1.82, 2.24) is 4.90 Å². The van der Waals surface area contributed by atoms with E-state index >= 15 is 0 Å². The lowest BCUT2D eigenvalue weighted by Crippen LogP contribution is -2.28. The third kappa shape index (κ3) is 6.55. The second kappa shape index (κ2) is 9.13. The number of nitrogen functional groups attached to an aromatic ring is 1. The first kappa shape index (κ1) is 18.1. The number of hydrogen-bond donors (Lipinski definition) is 1. The van der Waals surface area contributed by atoms with Gasteiger partial charge in [0.25, 0.3) is 0 Å². The van der Waals surface area contributed by atoms with E-state index in [1.807, 2.05) is 0 Å². The van der Waals surface area contributed by atoms with Gasteiger partial charge in [-0.1, -0.05) is 8.93 Å². The van der Waals surface area contributed by atoms with Crippen LogP contribution in [0.3, 0.4) is 0 Å². The summed E-state index contributed by atoms with van der Waals surface area (Å²) in [5.74, 6) is 0.666. The molecule has 1 aromatic rings. The van der Waals surface area contributed by atoms with Crippen LogP contribution in [0.5, 0.6) is 5.75 Å². The summed E-state index contributed by atoms with van der Waals surface area (Å²) in [5.41, 5.74) is 6.41. The van der Waals surface area contributed by atoms with Crippen molar-refractivity contribution in [3.05, 3.63) is 23.8 Å². The van der Waals surface area contributed by atoms with E-state index in [4.69, 9.17) is 10.5 Å². The zero-order valence-corrected chi connectivity index (χ0v) is 14.2. The van der Waals surface area contributed by atoms with Crippen LogP contribution >= 0.6 is 30.1 Å². The van der Waals surface area contributed by atoms with Crippen LogP contribution < -0.4 is 10.5 Å². The molecule has 0 atom stereocenters. The summed E-state index contributed by atoms with van der Waals surface area (Å²) in [6.07, 6.45) is -0.536. The molecule has 0 aliphatic carbocycles. The Balaban J connectivity index is 2.71. The van der Waals surface area contributed by atoms with Gasteiger partial charge >= 0.3 is 12.7 Å². The minimum absolute atomic E-state index is 0.0123. The van der Waals surface area contributed by atoms with Gasteiger partial charge in [0.15, 0.2) is 0 Å².